The number of aliphatic carboxylic acids is 1. The van der Waals surface area contributed by atoms with Crippen molar-refractivity contribution in [3.63, 3.8) is 0 Å². The molecule has 14 heavy (non-hydrogen) atoms. The van der Waals surface area contributed by atoms with E-state index in [1.165, 1.54) is 0 Å². The van der Waals surface area contributed by atoms with Crippen LogP contribution in [-0.4, -0.2) is 25.8 Å². The van der Waals surface area contributed by atoms with Crippen LogP contribution in [0.4, 0.5) is 0 Å². The smallest absolute Gasteiger partial charge is 0.328 e. The number of aromatic nitrogens is 3. The molecule has 0 saturated carbocycles. The SMILES string of the molecule is Cc1nc(C)n(C(C)/C=C\C(=O)O)n1. The van der Waals surface area contributed by atoms with Crippen molar-refractivity contribution in [2.24, 2.45) is 0 Å². The number of hydrogen-bond donors (Lipinski definition) is 1. The van der Waals surface area contributed by atoms with E-state index in [9.17, 15) is 4.79 Å². The van der Waals surface area contributed by atoms with Gasteiger partial charge in [-0.2, -0.15) is 5.10 Å². The largest absolute Gasteiger partial charge is 0.478 e. The maximum atomic E-state index is 10.3. The minimum Gasteiger partial charge on any atom is -0.478 e. The topological polar surface area (TPSA) is 68.0 Å². The van der Waals surface area contributed by atoms with Crippen molar-refractivity contribution < 1.29 is 9.90 Å². The summed E-state index contributed by atoms with van der Waals surface area (Å²) in [6.07, 6.45) is 2.69. The van der Waals surface area contributed by atoms with Crippen molar-refractivity contribution in [2.45, 2.75) is 26.8 Å². The van der Waals surface area contributed by atoms with Crippen molar-refractivity contribution in [1.82, 2.24) is 14.8 Å². The number of nitrogens with zero attached hydrogens (tertiary/aromatic N) is 3. The monoisotopic (exact) mass is 195 g/mol. The highest BCUT2D eigenvalue weighted by Crippen LogP contribution is 2.08. The van der Waals surface area contributed by atoms with Gasteiger partial charge in [0.1, 0.15) is 11.6 Å². The molecular formula is C9H13N3O2. The van der Waals surface area contributed by atoms with Crippen LogP contribution in [0.2, 0.25) is 0 Å². The van der Waals surface area contributed by atoms with E-state index in [0.29, 0.717) is 5.82 Å². The summed E-state index contributed by atoms with van der Waals surface area (Å²) >= 11 is 0. The molecule has 0 saturated heterocycles. The second kappa shape index (κ2) is 4.04. The first-order valence-corrected chi connectivity index (χ1v) is 4.31. The second-order valence-electron chi connectivity index (χ2n) is 3.09. The fourth-order valence-corrected chi connectivity index (χ4v) is 1.22. The van der Waals surface area contributed by atoms with Gasteiger partial charge in [-0.1, -0.05) is 6.08 Å². The summed E-state index contributed by atoms with van der Waals surface area (Å²) < 4.78 is 1.69. The van der Waals surface area contributed by atoms with E-state index < -0.39 is 5.97 Å². The summed E-state index contributed by atoms with van der Waals surface area (Å²) in [7, 11) is 0. The molecule has 5 heteroatoms. The average molecular weight is 195 g/mol. The lowest BCUT2D eigenvalue weighted by atomic mass is 10.3. The van der Waals surface area contributed by atoms with Gasteiger partial charge in [0.2, 0.25) is 0 Å². The highest BCUT2D eigenvalue weighted by molar-refractivity contribution is 5.79. The van der Waals surface area contributed by atoms with E-state index in [1.54, 1.807) is 17.7 Å². The standard InChI is InChI=1S/C9H13N3O2/c1-6(4-5-9(13)14)12-8(3)10-7(2)11-12/h4-6H,1-3H3,(H,13,14)/b5-4-. The van der Waals surface area contributed by atoms with Crippen LogP contribution in [0.25, 0.3) is 0 Å². The zero-order valence-electron chi connectivity index (χ0n) is 8.43. The van der Waals surface area contributed by atoms with Gasteiger partial charge in [0.25, 0.3) is 0 Å². The lowest BCUT2D eigenvalue weighted by Gasteiger charge is -2.07. The summed E-state index contributed by atoms with van der Waals surface area (Å²) in [6.45, 7) is 5.50. The molecule has 0 bridgehead atoms. The molecule has 0 spiro atoms. The Morgan fingerprint density at radius 2 is 2.21 bits per heavy atom. The first-order chi connectivity index (χ1) is 6.50. The molecule has 1 N–H and O–H groups in total. The lowest BCUT2D eigenvalue weighted by molar-refractivity contribution is -0.131. The van der Waals surface area contributed by atoms with Crippen LogP contribution in [0.3, 0.4) is 0 Å². The van der Waals surface area contributed by atoms with Crippen molar-refractivity contribution in [1.29, 1.82) is 0 Å². The normalized spacial score (nSPS) is 13.4. The highest BCUT2D eigenvalue weighted by atomic mass is 16.4. The Morgan fingerprint density at radius 1 is 1.57 bits per heavy atom. The number of carbonyl (C=O) groups is 1. The lowest BCUT2D eigenvalue weighted by Crippen LogP contribution is -2.07. The molecule has 5 nitrogen and oxygen atoms in total. The maximum absolute atomic E-state index is 10.3. The molecule has 0 amide bonds. The van der Waals surface area contributed by atoms with E-state index in [1.807, 2.05) is 13.8 Å². The van der Waals surface area contributed by atoms with Gasteiger partial charge in [-0.05, 0) is 20.8 Å². The van der Waals surface area contributed by atoms with E-state index in [0.717, 1.165) is 11.9 Å². The summed E-state index contributed by atoms with van der Waals surface area (Å²) in [5.41, 5.74) is 0. The third-order valence-electron chi connectivity index (χ3n) is 1.81. The Balaban J connectivity index is 2.84. The molecule has 1 aromatic heterocycles. The van der Waals surface area contributed by atoms with Gasteiger partial charge >= 0.3 is 5.97 Å². The second-order valence-corrected chi connectivity index (χ2v) is 3.09. The molecule has 0 aromatic carbocycles. The van der Waals surface area contributed by atoms with Crippen LogP contribution in [0.15, 0.2) is 12.2 Å². The molecule has 0 aliphatic carbocycles. The van der Waals surface area contributed by atoms with Crippen molar-refractivity contribution in [2.75, 3.05) is 0 Å². The van der Waals surface area contributed by atoms with E-state index >= 15 is 0 Å². The van der Waals surface area contributed by atoms with Crippen LogP contribution in [0.1, 0.15) is 24.6 Å². The van der Waals surface area contributed by atoms with Crippen LogP contribution >= 0.6 is 0 Å². The van der Waals surface area contributed by atoms with Crippen molar-refractivity contribution >= 4 is 5.97 Å². The molecule has 0 fully saturated rings. The fourth-order valence-electron chi connectivity index (χ4n) is 1.22. The Morgan fingerprint density at radius 3 is 2.64 bits per heavy atom. The summed E-state index contributed by atoms with van der Waals surface area (Å²) in [5.74, 6) is 0.523. The first kappa shape index (κ1) is 10.4. The fraction of sp³-hybridized carbons (Fsp3) is 0.444. The molecule has 1 atom stereocenters. The van der Waals surface area contributed by atoms with Gasteiger partial charge in [0, 0.05) is 6.08 Å². The minimum atomic E-state index is -0.952. The number of carboxylic acids is 1. The number of carboxylic acid groups (broad SMARTS) is 1. The van der Waals surface area contributed by atoms with Crippen molar-refractivity contribution in [3.05, 3.63) is 23.8 Å². The molecule has 1 rings (SSSR count). The zero-order chi connectivity index (χ0) is 10.7. The number of rotatable bonds is 3. The summed E-state index contributed by atoms with van der Waals surface area (Å²) in [4.78, 5) is 14.4. The molecule has 1 heterocycles. The maximum Gasteiger partial charge on any atom is 0.328 e. The van der Waals surface area contributed by atoms with Crippen LogP contribution in [-0.2, 0) is 4.79 Å². The highest BCUT2D eigenvalue weighted by Gasteiger charge is 2.07. The van der Waals surface area contributed by atoms with Gasteiger partial charge in [-0.15, -0.1) is 0 Å². The Hall–Kier alpha value is -1.65. The Labute approximate surface area is 82.1 Å². The average Bonchev–Trinajstić information content (AvgIpc) is 2.41. The first-order valence-electron chi connectivity index (χ1n) is 4.31. The van der Waals surface area contributed by atoms with Gasteiger partial charge in [-0.3, -0.25) is 0 Å². The van der Waals surface area contributed by atoms with E-state index in [2.05, 4.69) is 10.1 Å². The van der Waals surface area contributed by atoms with E-state index in [-0.39, 0.29) is 6.04 Å². The van der Waals surface area contributed by atoms with E-state index in [4.69, 9.17) is 5.11 Å². The van der Waals surface area contributed by atoms with Crippen LogP contribution in [0.5, 0.6) is 0 Å². The predicted octanol–water partition coefficient (Wildman–Crippen LogP) is 1.10. The number of allylic oxidation sites excluding steroid dienone is 1. The molecule has 1 unspecified atom stereocenters. The van der Waals surface area contributed by atoms with Gasteiger partial charge in [0.05, 0.1) is 6.04 Å². The third kappa shape index (κ3) is 2.42. The summed E-state index contributed by atoms with van der Waals surface area (Å²) in [6, 6.07) is -0.0905. The minimum absolute atomic E-state index is 0.0905. The molecule has 0 aliphatic rings. The molecule has 0 radical (unpaired) electrons. The van der Waals surface area contributed by atoms with Gasteiger partial charge in [0.15, 0.2) is 0 Å². The van der Waals surface area contributed by atoms with Gasteiger partial charge in [-0.25, -0.2) is 14.5 Å². The predicted molar refractivity (Wildman–Crippen MR) is 51.0 cm³/mol. The number of aryl methyl sites for hydroxylation is 2. The zero-order valence-corrected chi connectivity index (χ0v) is 8.43. The Bertz CT molecular complexity index is 368. The number of hydrogen-bond acceptors (Lipinski definition) is 3. The van der Waals surface area contributed by atoms with Crippen LogP contribution in [0, 0.1) is 13.8 Å². The van der Waals surface area contributed by atoms with Crippen LogP contribution < -0.4 is 0 Å². The third-order valence-corrected chi connectivity index (χ3v) is 1.81. The Kier molecular flexibility index (Phi) is 3.01. The molecule has 1 aromatic rings. The van der Waals surface area contributed by atoms with Crippen molar-refractivity contribution in [3.8, 4) is 0 Å². The summed E-state index contributed by atoms with van der Waals surface area (Å²) in [5, 5.41) is 12.6. The molecule has 76 valence electrons. The molecule has 0 aliphatic heterocycles. The molecular weight excluding hydrogens is 182 g/mol. The quantitative estimate of drug-likeness (QED) is 0.733. The van der Waals surface area contributed by atoms with Gasteiger partial charge < -0.3 is 5.11 Å².